The first-order valence-corrected chi connectivity index (χ1v) is 10.4. The van der Waals surface area contributed by atoms with E-state index >= 15 is 0 Å². The molecule has 2 aromatic rings. The predicted molar refractivity (Wildman–Crippen MR) is 125 cm³/mol. The number of carbonyl (C=O) groups is 3. The second kappa shape index (κ2) is 13.2. The molecule has 0 aromatic heterocycles. The lowest BCUT2D eigenvalue weighted by Gasteiger charge is -2.22. The van der Waals surface area contributed by atoms with Crippen molar-refractivity contribution >= 4 is 17.7 Å². The van der Waals surface area contributed by atoms with E-state index < -0.39 is 35.8 Å². The van der Waals surface area contributed by atoms with Gasteiger partial charge >= 0.3 is 0 Å². The van der Waals surface area contributed by atoms with Gasteiger partial charge in [0.15, 0.2) is 0 Å². The number of carbonyl (C=O) groups excluding carboxylic acids is 3. The molecule has 9 nitrogen and oxygen atoms in total. The maximum Gasteiger partial charge on any atom is 0.243 e. The highest BCUT2D eigenvalue weighted by molar-refractivity contribution is 5.93. The molecule has 0 heterocycles. The smallest absolute Gasteiger partial charge is 0.243 e. The van der Waals surface area contributed by atoms with Crippen LogP contribution in [0.15, 0.2) is 65.8 Å². The van der Waals surface area contributed by atoms with Gasteiger partial charge in [-0.2, -0.15) is 0 Å². The van der Waals surface area contributed by atoms with E-state index in [0.29, 0.717) is 0 Å². The zero-order valence-electron chi connectivity index (χ0n) is 18.3. The van der Waals surface area contributed by atoms with Gasteiger partial charge in [-0.15, -0.1) is 6.42 Å². The molecule has 0 aliphatic rings. The van der Waals surface area contributed by atoms with Gasteiger partial charge in [0.05, 0.1) is 6.54 Å². The molecule has 0 saturated heterocycles. The molecule has 3 amide bonds. The van der Waals surface area contributed by atoms with E-state index in [-0.39, 0.29) is 19.4 Å². The molecule has 0 unspecified atom stereocenters. The van der Waals surface area contributed by atoms with Gasteiger partial charge in [-0.05, 0) is 30.0 Å². The van der Waals surface area contributed by atoms with E-state index in [4.69, 9.17) is 12.0 Å². The zero-order valence-corrected chi connectivity index (χ0v) is 18.3. The summed E-state index contributed by atoms with van der Waals surface area (Å²) in [6.45, 7) is 1.56. The Morgan fingerprint density at radius 1 is 0.939 bits per heavy atom. The lowest BCUT2D eigenvalue weighted by molar-refractivity contribution is -0.132. The van der Waals surface area contributed by atoms with E-state index in [2.05, 4.69) is 31.9 Å². The van der Waals surface area contributed by atoms with Gasteiger partial charge < -0.3 is 16.0 Å². The van der Waals surface area contributed by atoms with E-state index in [1.807, 2.05) is 60.7 Å². The number of amides is 3. The largest absolute Gasteiger partial charge is 0.344 e. The van der Waals surface area contributed by atoms with Gasteiger partial charge in [0, 0.05) is 11.3 Å². The molecule has 0 saturated carbocycles. The minimum atomic E-state index is -1.04. The highest BCUT2D eigenvalue weighted by atomic mass is 16.2. The second-order valence-corrected chi connectivity index (χ2v) is 7.31. The Labute approximate surface area is 192 Å². The van der Waals surface area contributed by atoms with Crippen molar-refractivity contribution in [2.75, 3.05) is 6.54 Å². The van der Waals surface area contributed by atoms with Crippen LogP contribution in [0.2, 0.25) is 0 Å². The van der Waals surface area contributed by atoms with Crippen molar-refractivity contribution in [1.82, 2.24) is 16.0 Å². The zero-order chi connectivity index (χ0) is 24.1. The quantitative estimate of drug-likeness (QED) is 0.210. The fourth-order valence-corrected chi connectivity index (χ4v) is 3.08. The summed E-state index contributed by atoms with van der Waals surface area (Å²) in [6.07, 6.45) is 5.51. The highest BCUT2D eigenvalue weighted by Gasteiger charge is 2.27. The Morgan fingerprint density at radius 2 is 1.52 bits per heavy atom. The van der Waals surface area contributed by atoms with Gasteiger partial charge in [0.2, 0.25) is 17.7 Å². The molecular formula is C24H26N6O3. The molecule has 0 radical (unpaired) electrons. The van der Waals surface area contributed by atoms with Gasteiger partial charge in [0.25, 0.3) is 0 Å². The highest BCUT2D eigenvalue weighted by Crippen LogP contribution is 2.09. The van der Waals surface area contributed by atoms with Crippen LogP contribution in [0.3, 0.4) is 0 Å². The Bertz CT molecular complexity index is 1030. The lowest BCUT2D eigenvalue weighted by Crippen LogP contribution is -2.54. The van der Waals surface area contributed by atoms with Gasteiger partial charge in [0.1, 0.15) is 18.1 Å². The Kier molecular flexibility index (Phi) is 9.99. The lowest BCUT2D eigenvalue weighted by atomic mass is 10.0. The number of nitrogens with one attached hydrogen (secondary N) is 3. The number of hydrogen-bond donors (Lipinski definition) is 3. The van der Waals surface area contributed by atoms with Crippen LogP contribution in [0.25, 0.3) is 10.4 Å². The average molecular weight is 447 g/mol. The van der Waals surface area contributed by atoms with Crippen LogP contribution in [0.1, 0.15) is 18.1 Å². The fourth-order valence-electron chi connectivity index (χ4n) is 3.08. The first-order chi connectivity index (χ1) is 15.9. The van der Waals surface area contributed by atoms with E-state index in [1.54, 1.807) is 0 Å². The third kappa shape index (κ3) is 8.40. The summed E-state index contributed by atoms with van der Waals surface area (Å²) in [5.41, 5.74) is 10.6. The minimum absolute atomic E-state index is 0.0382. The molecule has 33 heavy (non-hydrogen) atoms. The maximum absolute atomic E-state index is 13.0. The van der Waals surface area contributed by atoms with Crippen LogP contribution in [0.5, 0.6) is 0 Å². The monoisotopic (exact) mass is 446 g/mol. The number of hydrogen-bond acceptors (Lipinski definition) is 4. The third-order valence-electron chi connectivity index (χ3n) is 4.80. The SMILES string of the molecule is C#CCNC(=O)[C@H](C)NC(=O)[C@H](Cc1ccccc1)NC(=O)[C@H](Cc1ccccc1)N=[N+]=[N-]. The summed E-state index contributed by atoms with van der Waals surface area (Å²) in [6, 6.07) is 15.3. The normalized spacial score (nSPS) is 12.7. The van der Waals surface area contributed by atoms with Crippen molar-refractivity contribution in [2.45, 2.75) is 37.9 Å². The van der Waals surface area contributed by atoms with Crippen LogP contribution >= 0.6 is 0 Å². The van der Waals surface area contributed by atoms with E-state index in [1.165, 1.54) is 6.92 Å². The fraction of sp³-hybridized carbons (Fsp3) is 0.292. The Balaban J connectivity index is 2.16. The summed E-state index contributed by atoms with van der Waals surface area (Å²) >= 11 is 0. The molecule has 0 spiro atoms. The van der Waals surface area contributed by atoms with E-state index in [0.717, 1.165) is 11.1 Å². The van der Waals surface area contributed by atoms with Crippen molar-refractivity contribution < 1.29 is 14.4 Å². The summed E-state index contributed by atoms with van der Waals surface area (Å²) in [5, 5.41) is 11.4. The number of nitrogens with zero attached hydrogens (tertiary/aromatic N) is 3. The molecule has 3 atom stereocenters. The molecule has 9 heteroatoms. The van der Waals surface area contributed by atoms with Crippen molar-refractivity contribution in [1.29, 1.82) is 0 Å². The molecule has 0 aliphatic heterocycles. The minimum Gasteiger partial charge on any atom is -0.344 e. The van der Waals surface area contributed by atoms with Crippen LogP contribution in [-0.4, -0.2) is 42.4 Å². The summed E-state index contributed by atoms with van der Waals surface area (Å²) in [4.78, 5) is 40.8. The van der Waals surface area contributed by atoms with E-state index in [9.17, 15) is 14.4 Å². The van der Waals surface area contributed by atoms with Crippen molar-refractivity contribution in [2.24, 2.45) is 5.11 Å². The van der Waals surface area contributed by atoms with Crippen molar-refractivity contribution in [3.8, 4) is 12.3 Å². The van der Waals surface area contributed by atoms with Crippen LogP contribution < -0.4 is 16.0 Å². The molecule has 2 rings (SSSR count). The maximum atomic E-state index is 13.0. The topological polar surface area (TPSA) is 136 Å². The van der Waals surface area contributed by atoms with Gasteiger partial charge in [-0.1, -0.05) is 71.7 Å². The van der Waals surface area contributed by atoms with Gasteiger partial charge in [-0.25, -0.2) is 0 Å². The summed E-state index contributed by atoms with van der Waals surface area (Å²) in [7, 11) is 0. The van der Waals surface area contributed by atoms with Crippen LogP contribution in [0, 0.1) is 12.3 Å². The molecule has 170 valence electrons. The van der Waals surface area contributed by atoms with Crippen molar-refractivity contribution in [3.63, 3.8) is 0 Å². The summed E-state index contributed by atoms with van der Waals surface area (Å²) in [5.74, 6) is 0.717. The molecule has 3 N–H and O–H groups in total. The number of benzene rings is 2. The standard InChI is InChI=1S/C24H26N6O3/c1-3-14-26-22(31)17(2)27-23(32)20(15-18-10-6-4-7-11-18)28-24(33)21(29-30-25)16-19-12-8-5-9-13-19/h1,4-13,17,20-21H,14-16H2,2H3,(H,26,31)(H,27,32)(H,28,33)/t17-,20-,21-/m0/s1. The third-order valence-corrected chi connectivity index (χ3v) is 4.80. The number of rotatable bonds is 11. The molecule has 2 aromatic carbocycles. The Hall–Kier alpha value is -4.28. The van der Waals surface area contributed by atoms with Crippen molar-refractivity contribution in [3.05, 3.63) is 82.2 Å². The summed E-state index contributed by atoms with van der Waals surface area (Å²) < 4.78 is 0. The van der Waals surface area contributed by atoms with Crippen LogP contribution in [-0.2, 0) is 27.2 Å². The van der Waals surface area contributed by atoms with Gasteiger partial charge in [-0.3, -0.25) is 14.4 Å². The second-order valence-electron chi connectivity index (χ2n) is 7.31. The van der Waals surface area contributed by atoms with Crippen LogP contribution in [0.4, 0.5) is 0 Å². The first kappa shape index (κ1) is 25.0. The Morgan fingerprint density at radius 3 is 2.06 bits per heavy atom. The first-order valence-electron chi connectivity index (χ1n) is 10.4. The molecule has 0 bridgehead atoms. The predicted octanol–water partition coefficient (Wildman–Crippen LogP) is 1.89. The molecular weight excluding hydrogens is 420 g/mol. The average Bonchev–Trinajstić information content (AvgIpc) is 2.83. The molecule has 0 aliphatic carbocycles. The number of terminal acetylenes is 1. The number of azide groups is 1. The molecule has 0 fully saturated rings.